The predicted octanol–water partition coefficient (Wildman–Crippen LogP) is 5.86. The lowest BCUT2D eigenvalue weighted by molar-refractivity contribution is -0.117. The van der Waals surface area contributed by atoms with Crippen molar-refractivity contribution in [2.75, 3.05) is 6.61 Å². The Morgan fingerprint density at radius 3 is 2.08 bits per heavy atom. The molecule has 37 heavy (non-hydrogen) atoms. The van der Waals surface area contributed by atoms with Crippen LogP contribution in [0.5, 0.6) is 11.5 Å². The van der Waals surface area contributed by atoms with E-state index in [0.29, 0.717) is 34.6 Å². The Morgan fingerprint density at radius 2 is 1.51 bits per heavy atom. The van der Waals surface area contributed by atoms with Gasteiger partial charge < -0.3 is 14.2 Å². The molecule has 0 bridgehead atoms. The number of dihydropyridines is 1. The van der Waals surface area contributed by atoms with Crippen molar-refractivity contribution < 1.29 is 26.9 Å². The first kappa shape index (κ1) is 25.8. The number of allylic oxidation sites excluding steroid dienone is 4. The van der Waals surface area contributed by atoms with Crippen LogP contribution in [0.3, 0.4) is 0 Å². The molecule has 2 aromatic carbocycles. The number of carbonyl (C=O) groups excluding carboxylic acids is 2. The Bertz CT molecular complexity index is 1420. The number of Topliss-reactive ketones (excluding diaryl/α,β-unsaturated/α-hetero) is 2. The third-order valence-electron chi connectivity index (χ3n) is 6.75. The third kappa shape index (κ3) is 4.90. The molecule has 0 atom stereocenters. The number of nitrogens with one attached hydrogen (secondary N) is 1. The lowest BCUT2D eigenvalue weighted by atomic mass is 9.71. The summed E-state index contributed by atoms with van der Waals surface area (Å²) in [5.41, 5.74) is 3.41. The third-order valence-corrected chi connectivity index (χ3v) is 8.52. The number of hydrogen-bond donors (Lipinski definition) is 1. The van der Waals surface area contributed by atoms with Crippen LogP contribution >= 0.6 is 23.2 Å². The Labute approximate surface area is 225 Å². The highest BCUT2D eigenvalue weighted by Crippen LogP contribution is 2.48. The standard InChI is InChI=1S/C27H25Cl2NO6S/c1-2-35-23-14-15(13-18(29)27(23)36-37(33,34)17-11-9-16(28)10-12-17)24-25-19(5-3-7-21(25)31)30-20-6-4-8-22(32)26(20)24/h9-14,24,30H,2-8H2,1H3. The summed E-state index contributed by atoms with van der Waals surface area (Å²) in [7, 11) is -4.25. The zero-order chi connectivity index (χ0) is 26.3. The predicted molar refractivity (Wildman–Crippen MR) is 140 cm³/mol. The monoisotopic (exact) mass is 561 g/mol. The fraction of sp³-hybridized carbons (Fsp3) is 0.333. The summed E-state index contributed by atoms with van der Waals surface area (Å²) in [5, 5.41) is 3.75. The van der Waals surface area contributed by atoms with E-state index in [4.69, 9.17) is 32.1 Å². The first-order chi connectivity index (χ1) is 17.7. The van der Waals surface area contributed by atoms with E-state index < -0.39 is 16.0 Å². The van der Waals surface area contributed by atoms with Crippen LogP contribution in [-0.2, 0) is 19.7 Å². The Morgan fingerprint density at radius 1 is 0.919 bits per heavy atom. The molecule has 10 heteroatoms. The van der Waals surface area contributed by atoms with E-state index in [1.54, 1.807) is 19.1 Å². The summed E-state index contributed by atoms with van der Waals surface area (Å²) in [6, 6.07) is 8.74. The summed E-state index contributed by atoms with van der Waals surface area (Å²) in [6.45, 7) is 1.96. The van der Waals surface area contributed by atoms with Crippen LogP contribution in [0.2, 0.25) is 10.0 Å². The summed E-state index contributed by atoms with van der Waals surface area (Å²) in [5.74, 6) is -0.682. The van der Waals surface area contributed by atoms with E-state index >= 15 is 0 Å². The molecular formula is C27H25Cl2NO6S. The van der Waals surface area contributed by atoms with Gasteiger partial charge >= 0.3 is 10.1 Å². The van der Waals surface area contributed by atoms with Crippen molar-refractivity contribution in [3.05, 3.63) is 74.5 Å². The average Bonchev–Trinajstić information content (AvgIpc) is 2.85. The topological polar surface area (TPSA) is 98.8 Å². The highest BCUT2D eigenvalue weighted by atomic mass is 35.5. The molecule has 0 saturated heterocycles. The van der Waals surface area contributed by atoms with Gasteiger partial charge in [-0.15, -0.1) is 0 Å². The minimum Gasteiger partial charge on any atom is -0.490 e. The van der Waals surface area contributed by atoms with E-state index in [1.807, 2.05) is 0 Å². The van der Waals surface area contributed by atoms with Crippen molar-refractivity contribution in [3.8, 4) is 11.5 Å². The normalized spacial score (nSPS) is 18.4. The summed E-state index contributed by atoms with van der Waals surface area (Å²) in [6.07, 6.45) is 3.73. The first-order valence-electron chi connectivity index (χ1n) is 12.2. The number of ether oxygens (including phenoxy) is 1. The molecule has 2 aromatic rings. The molecular weight excluding hydrogens is 537 g/mol. The second kappa shape index (κ2) is 10.2. The van der Waals surface area contributed by atoms with Crippen LogP contribution in [0.1, 0.15) is 56.9 Å². The maximum atomic E-state index is 13.1. The van der Waals surface area contributed by atoms with Crippen molar-refractivity contribution in [1.29, 1.82) is 0 Å². The molecule has 0 radical (unpaired) electrons. The number of halogens is 2. The molecule has 5 rings (SSSR count). The smallest absolute Gasteiger partial charge is 0.339 e. The van der Waals surface area contributed by atoms with Gasteiger partial charge in [-0.2, -0.15) is 8.42 Å². The van der Waals surface area contributed by atoms with Gasteiger partial charge in [0, 0.05) is 46.3 Å². The molecule has 0 aromatic heterocycles. The number of ketones is 2. The van der Waals surface area contributed by atoms with Gasteiger partial charge in [0.25, 0.3) is 0 Å². The fourth-order valence-electron chi connectivity index (χ4n) is 5.17. The number of rotatable bonds is 6. The van der Waals surface area contributed by atoms with Gasteiger partial charge in [-0.1, -0.05) is 23.2 Å². The summed E-state index contributed by atoms with van der Waals surface area (Å²) < 4.78 is 37.2. The molecule has 2 aliphatic carbocycles. The number of benzene rings is 2. The first-order valence-corrected chi connectivity index (χ1v) is 14.3. The van der Waals surface area contributed by atoms with E-state index in [0.717, 1.165) is 37.1 Å². The summed E-state index contributed by atoms with van der Waals surface area (Å²) in [4.78, 5) is 26.1. The van der Waals surface area contributed by atoms with Crippen LogP contribution in [0, 0.1) is 0 Å². The largest absolute Gasteiger partial charge is 0.490 e. The zero-order valence-electron chi connectivity index (χ0n) is 20.1. The van der Waals surface area contributed by atoms with Crippen LogP contribution in [0.25, 0.3) is 0 Å². The molecule has 194 valence electrons. The number of hydrogen-bond acceptors (Lipinski definition) is 7. The van der Waals surface area contributed by atoms with Crippen molar-refractivity contribution in [1.82, 2.24) is 5.32 Å². The van der Waals surface area contributed by atoms with Crippen LogP contribution in [0.4, 0.5) is 0 Å². The van der Waals surface area contributed by atoms with Gasteiger partial charge in [0.1, 0.15) is 4.90 Å². The minimum atomic E-state index is -4.25. The summed E-state index contributed by atoms with van der Waals surface area (Å²) >= 11 is 12.5. The molecule has 0 amide bonds. The van der Waals surface area contributed by atoms with Crippen molar-refractivity contribution in [2.45, 2.75) is 56.3 Å². The quantitative estimate of drug-likeness (QED) is 0.441. The van der Waals surface area contributed by atoms with E-state index in [2.05, 4.69) is 5.32 Å². The fourth-order valence-corrected chi connectivity index (χ4v) is 6.56. The van der Waals surface area contributed by atoms with Gasteiger partial charge in [-0.3, -0.25) is 9.59 Å². The molecule has 1 N–H and O–H groups in total. The molecule has 1 aliphatic heterocycles. The zero-order valence-corrected chi connectivity index (χ0v) is 22.4. The van der Waals surface area contributed by atoms with Gasteiger partial charge in [-0.25, -0.2) is 0 Å². The maximum Gasteiger partial charge on any atom is 0.339 e. The van der Waals surface area contributed by atoms with Gasteiger partial charge in [0.05, 0.1) is 11.6 Å². The highest BCUT2D eigenvalue weighted by Gasteiger charge is 2.41. The Kier molecular flexibility index (Phi) is 7.09. The van der Waals surface area contributed by atoms with Gasteiger partial charge in [0.15, 0.2) is 17.3 Å². The van der Waals surface area contributed by atoms with Crippen molar-refractivity contribution >= 4 is 44.9 Å². The van der Waals surface area contributed by atoms with Gasteiger partial charge in [0.2, 0.25) is 5.75 Å². The number of carbonyl (C=O) groups is 2. The van der Waals surface area contributed by atoms with Crippen LogP contribution in [-0.4, -0.2) is 26.6 Å². The average molecular weight is 562 g/mol. The van der Waals surface area contributed by atoms with Crippen molar-refractivity contribution in [2.24, 2.45) is 0 Å². The van der Waals surface area contributed by atoms with E-state index in [1.165, 1.54) is 24.3 Å². The molecule has 3 aliphatic rings. The van der Waals surface area contributed by atoms with Gasteiger partial charge in [-0.05, 0) is 74.6 Å². The van der Waals surface area contributed by atoms with E-state index in [-0.39, 0.29) is 39.6 Å². The SMILES string of the molecule is CCOc1cc(C2C3=C(CCCC3=O)NC3=C2C(=O)CCC3)cc(Cl)c1OS(=O)(=O)c1ccc(Cl)cc1. The molecule has 0 unspecified atom stereocenters. The van der Waals surface area contributed by atoms with E-state index in [9.17, 15) is 18.0 Å². The van der Waals surface area contributed by atoms with Crippen molar-refractivity contribution in [3.63, 3.8) is 0 Å². The second-order valence-corrected chi connectivity index (χ2v) is 11.5. The maximum absolute atomic E-state index is 13.1. The van der Waals surface area contributed by atoms with Crippen LogP contribution < -0.4 is 14.2 Å². The molecule has 0 fully saturated rings. The molecule has 0 spiro atoms. The minimum absolute atomic E-state index is 0.00663. The second-order valence-electron chi connectivity index (χ2n) is 9.15. The molecule has 7 nitrogen and oxygen atoms in total. The molecule has 0 saturated carbocycles. The van der Waals surface area contributed by atoms with Crippen LogP contribution in [0.15, 0.2) is 63.8 Å². The molecule has 1 heterocycles. The highest BCUT2D eigenvalue weighted by molar-refractivity contribution is 7.87. The Hall–Kier alpha value is -2.81. The lowest BCUT2D eigenvalue weighted by Crippen LogP contribution is -2.36. The lowest BCUT2D eigenvalue weighted by Gasteiger charge is -2.37. The Balaban J connectivity index is 1.62.